The number of aliphatic carboxylic acids is 1. The van der Waals surface area contributed by atoms with Gasteiger partial charge in [-0.1, -0.05) is 66.7 Å². The van der Waals surface area contributed by atoms with E-state index >= 15 is 0 Å². The molecule has 1 aromatic heterocycles. The second-order valence-corrected chi connectivity index (χ2v) is 11.0. The first kappa shape index (κ1) is 26.8. The zero-order valence-corrected chi connectivity index (χ0v) is 21.6. The molecule has 0 fully saturated rings. The summed E-state index contributed by atoms with van der Waals surface area (Å²) in [6.45, 7) is 1.37. The number of carbonyl (C=O) groups is 1. The number of nitrogens with one attached hydrogen (secondary N) is 1. The molecule has 0 saturated carbocycles. The molecule has 0 spiro atoms. The number of sulfone groups is 1. The van der Waals surface area contributed by atoms with Crippen molar-refractivity contribution in [1.82, 2.24) is 10.2 Å². The first-order valence-corrected chi connectivity index (χ1v) is 13.8. The van der Waals surface area contributed by atoms with Gasteiger partial charge in [0.05, 0.1) is 22.3 Å². The van der Waals surface area contributed by atoms with Crippen LogP contribution in [0, 0.1) is 0 Å². The van der Waals surface area contributed by atoms with Crippen molar-refractivity contribution in [2.45, 2.75) is 36.7 Å². The SMILES string of the molecule is C[C@H](Oc1cccc(S(=O)(=O)CCCc2cc(=O)[nH]nc2C(c2ccccc2)c2ccccc2)c1)C(=O)O. The van der Waals surface area contributed by atoms with Crippen LogP contribution in [0.15, 0.2) is 101 Å². The molecular formula is C29H28N2O6S. The summed E-state index contributed by atoms with van der Waals surface area (Å²) >= 11 is 0. The molecule has 4 aromatic rings. The molecule has 2 N–H and O–H groups in total. The quantitative estimate of drug-likeness (QED) is 0.296. The minimum Gasteiger partial charge on any atom is -0.479 e. The molecule has 0 aliphatic carbocycles. The molecule has 8 nitrogen and oxygen atoms in total. The maximum Gasteiger partial charge on any atom is 0.344 e. The summed E-state index contributed by atoms with van der Waals surface area (Å²) in [5.74, 6) is -1.40. The van der Waals surface area contributed by atoms with E-state index in [1.54, 1.807) is 0 Å². The summed E-state index contributed by atoms with van der Waals surface area (Å²) in [6.07, 6.45) is -0.529. The Balaban J connectivity index is 1.57. The fourth-order valence-corrected chi connectivity index (χ4v) is 5.61. The summed E-state index contributed by atoms with van der Waals surface area (Å²) in [4.78, 5) is 23.3. The lowest BCUT2D eigenvalue weighted by molar-refractivity contribution is -0.144. The largest absolute Gasteiger partial charge is 0.479 e. The molecule has 0 amide bonds. The van der Waals surface area contributed by atoms with Gasteiger partial charge in [-0.15, -0.1) is 0 Å². The Morgan fingerprint density at radius 1 is 0.947 bits per heavy atom. The third-order valence-electron chi connectivity index (χ3n) is 6.14. The monoisotopic (exact) mass is 532 g/mol. The first-order valence-electron chi connectivity index (χ1n) is 12.2. The number of aromatic amines is 1. The van der Waals surface area contributed by atoms with Gasteiger partial charge in [0.25, 0.3) is 5.56 Å². The van der Waals surface area contributed by atoms with Crippen LogP contribution >= 0.6 is 0 Å². The lowest BCUT2D eigenvalue weighted by Gasteiger charge is -2.20. The Kier molecular flexibility index (Phi) is 8.38. The van der Waals surface area contributed by atoms with Crippen LogP contribution in [0.1, 0.15) is 41.6 Å². The number of rotatable bonds is 11. The van der Waals surface area contributed by atoms with Gasteiger partial charge in [-0.3, -0.25) is 4.79 Å². The van der Waals surface area contributed by atoms with E-state index in [1.165, 1.54) is 37.3 Å². The lowest BCUT2D eigenvalue weighted by atomic mass is 9.85. The highest BCUT2D eigenvalue weighted by atomic mass is 32.2. The van der Waals surface area contributed by atoms with Crippen molar-refractivity contribution in [3.05, 3.63) is 124 Å². The molecule has 9 heteroatoms. The normalized spacial score (nSPS) is 12.3. The van der Waals surface area contributed by atoms with Gasteiger partial charge in [-0.2, -0.15) is 5.10 Å². The fourth-order valence-electron chi connectivity index (χ4n) is 4.27. The van der Waals surface area contributed by atoms with E-state index in [0.717, 1.165) is 11.1 Å². The van der Waals surface area contributed by atoms with Crippen LogP contribution in [0.25, 0.3) is 0 Å². The van der Waals surface area contributed by atoms with Gasteiger partial charge in [0.15, 0.2) is 15.9 Å². The number of aromatic nitrogens is 2. The van der Waals surface area contributed by atoms with Crippen molar-refractivity contribution in [3.8, 4) is 5.75 Å². The zero-order valence-electron chi connectivity index (χ0n) is 20.8. The van der Waals surface area contributed by atoms with Gasteiger partial charge < -0.3 is 9.84 Å². The number of ether oxygens (including phenoxy) is 1. The highest BCUT2D eigenvalue weighted by Crippen LogP contribution is 2.32. The van der Waals surface area contributed by atoms with Crippen LogP contribution in [-0.2, 0) is 21.1 Å². The number of benzene rings is 3. The lowest BCUT2D eigenvalue weighted by Crippen LogP contribution is -2.23. The molecule has 3 aromatic carbocycles. The second kappa shape index (κ2) is 11.9. The maximum atomic E-state index is 13.1. The van der Waals surface area contributed by atoms with Gasteiger partial charge in [0.1, 0.15) is 5.75 Å². The summed E-state index contributed by atoms with van der Waals surface area (Å²) < 4.78 is 31.4. The third-order valence-corrected chi connectivity index (χ3v) is 7.94. The van der Waals surface area contributed by atoms with Crippen LogP contribution < -0.4 is 10.3 Å². The number of carboxylic acid groups (broad SMARTS) is 1. The molecule has 38 heavy (non-hydrogen) atoms. The molecule has 0 saturated heterocycles. The number of hydrogen-bond acceptors (Lipinski definition) is 6. The molecule has 0 bridgehead atoms. The predicted octanol–water partition coefficient (Wildman–Crippen LogP) is 4.21. The molecular weight excluding hydrogens is 504 g/mol. The minimum absolute atomic E-state index is 0.0447. The van der Waals surface area contributed by atoms with Crippen LogP contribution in [0.5, 0.6) is 5.75 Å². The van der Waals surface area contributed by atoms with Crippen LogP contribution in [-0.4, -0.2) is 41.5 Å². The Bertz CT molecular complexity index is 1510. The van der Waals surface area contributed by atoms with Crippen molar-refractivity contribution in [1.29, 1.82) is 0 Å². The smallest absolute Gasteiger partial charge is 0.344 e. The fraction of sp³-hybridized carbons (Fsp3) is 0.207. The maximum absolute atomic E-state index is 13.1. The third kappa shape index (κ3) is 6.54. The predicted molar refractivity (Wildman–Crippen MR) is 143 cm³/mol. The Labute approximate surface area is 220 Å². The van der Waals surface area contributed by atoms with Gasteiger partial charge in [0.2, 0.25) is 0 Å². The molecule has 196 valence electrons. The average Bonchev–Trinajstić information content (AvgIpc) is 2.91. The summed E-state index contributed by atoms with van der Waals surface area (Å²) in [5.41, 5.74) is 2.98. The number of hydrogen-bond donors (Lipinski definition) is 2. The Morgan fingerprint density at radius 3 is 2.18 bits per heavy atom. The topological polar surface area (TPSA) is 126 Å². The molecule has 4 rings (SSSR count). The van der Waals surface area contributed by atoms with Gasteiger partial charge in [-0.25, -0.2) is 18.3 Å². The van der Waals surface area contributed by atoms with E-state index in [1.807, 2.05) is 60.7 Å². The molecule has 0 unspecified atom stereocenters. The highest BCUT2D eigenvalue weighted by molar-refractivity contribution is 7.91. The van der Waals surface area contributed by atoms with Crippen LogP contribution in [0.2, 0.25) is 0 Å². The highest BCUT2D eigenvalue weighted by Gasteiger charge is 2.23. The van der Waals surface area contributed by atoms with E-state index in [2.05, 4.69) is 10.2 Å². The van der Waals surface area contributed by atoms with Crippen LogP contribution in [0.4, 0.5) is 0 Å². The summed E-state index contributed by atoms with van der Waals surface area (Å²) in [7, 11) is -3.69. The number of aryl methyl sites for hydroxylation is 1. The number of carboxylic acids is 1. The van der Waals surface area contributed by atoms with E-state index in [-0.39, 0.29) is 34.3 Å². The van der Waals surface area contributed by atoms with E-state index < -0.39 is 21.9 Å². The Hall–Kier alpha value is -4.24. The van der Waals surface area contributed by atoms with Gasteiger partial charge in [0, 0.05) is 6.07 Å². The second-order valence-electron chi connectivity index (χ2n) is 8.89. The van der Waals surface area contributed by atoms with Crippen molar-refractivity contribution in [2.75, 3.05) is 5.75 Å². The summed E-state index contributed by atoms with van der Waals surface area (Å²) in [5, 5.41) is 16.0. The van der Waals surface area contributed by atoms with Crippen molar-refractivity contribution < 1.29 is 23.1 Å². The van der Waals surface area contributed by atoms with Crippen molar-refractivity contribution in [2.24, 2.45) is 0 Å². The number of nitrogens with zero attached hydrogens (tertiary/aromatic N) is 1. The molecule has 0 aliphatic rings. The molecule has 0 aliphatic heterocycles. The van der Waals surface area contributed by atoms with E-state index in [9.17, 15) is 18.0 Å². The molecule has 0 radical (unpaired) electrons. The van der Waals surface area contributed by atoms with Crippen molar-refractivity contribution in [3.63, 3.8) is 0 Å². The average molecular weight is 533 g/mol. The van der Waals surface area contributed by atoms with Crippen LogP contribution in [0.3, 0.4) is 0 Å². The first-order chi connectivity index (χ1) is 18.2. The van der Waals surface area contributed by atoms with E-state index in [0.29, 0.717) is 17.7 Å². The van der Waals surface area contributed by atoms with Gasteiger partial charge in [-0.05, 0) is 54.7 Å². The minimum atomic E-state index is -3.69. The zero-order chi connectivity index (χ0) is 27.1. The van der Waals surface area contributed by atoms with Gasteiger partial charge >= 0.3 is 5.97 Å². The molecule has 1 heterocycles. The van der Waals surface area contributed by atoms with Crippen molar-refractivity contribution >= 4 is 15.8 Å². The Morgan fingerprint density at radius 2 is 1.58 bits per heavy atom. The number of H-pyrrole nitrogens is 1. The standard InChI is InChI=1S/C29H28N2O6S/c1-20(29(33)34)37-24-15-8-16-25(19-24)38(35,36)17-9-14-23-18-26(32)30-31-28(23)27(21-10-4-2-5-11-21)22-12-6-3-7-13-22/h2-8,10-13,15-16,18-20,27H,9,14,17H2,1H3,(H,30,32)(H,33,34)/t20-/m0/s1. The van der Waals surface area contributed by atoms with E-state index in [4.69, 9.17) is 9.84 Å². The summed E-state index contributed by atoms with van der Waals surface area (Å²) in [6, 6.07) is 26.9. The molecule has 1 atom stereocenters.